The van der Waals surface area contributed by atoms with Gasteiger partial charge in [-0.25, -0.2) is 0 Å². The van der Waals surface area contributed by atoms with Crippen LogP contribution in [0.25, 0.3) is 0 Å². The molecule has 0 radical (unpaired) electrons. The average Bonchev–Trinajstić information content (AvgIpc) is 3.24. The first-order valence-electron chi connectivity index (χ1n) is 8.31. The molecule has 3 rings (SSSR count). The molecule has 0 spiro atoms. The van der Waals surface area contributed by atoms with E-state index in [1.54, 1.807) is 18.0 Å². The van der Waals surface area contributed by atoms with Crippen molar-refractivity contribution in [3.63, 3.8) is 0 Å². The maximum Gasteiger partial charge on any atom is 0.223 e. The standard InChI is InChI=1S/C16H24N6OS/c1-20-14(12-22-9-4-7-17-22)18-19-16(20)13-5-3-8-21(11-13)15(23)6-10-24-2/h4,7,9,13H,3,5-6,8,10-12H2,1-2H3/t13-/m1/s1. The van der Waals surface area contributed by atoms with Gasteiger partial charge in [0, 0.05) is 50.6 Å². The van der Waals surface area contributed by atoms with Crippen LogP contribution in [0.4, 0.5) is 0 Å². The molecule has 1 aliphatic heterocycles. The van der Waals surface area contributed by atoms with E-state index in [1.807, 2.05) is 35.1 Å². The maximum absolute atomic E-state index is 12.3. The Kier molecular flexibility index (Phi) is 5.55. The number of piperidine rings is 1. The average molecular weight is 348 g/mol. The fourth-order valence-corrected chi connectivity index (χ4v) is 3.55. The Balaban J connectivity index is 1.67. The van der Waals surface area contributed by atoms with Crippen molar-refractivity contribution in [1.29, 1.82) is 0 Å². The number of carbonyl (C=O) groups is 1. The second kappa shape index (κ2) is 7.83. The number of nitrogens with zero attached hydrogens (tertiary/aromatic N) is 6. The van der Waals surface area contributed by atoms with Gasteiger partial charge in [0.1, 0.15) is 12.4 Å². The first-order valence-corrected chi connectivity index (χ1v) is 9.70. The van der Waals surface area contributed by atoms with E-state index in [9.17, 15) is 4.79 Å². The predicted octanol–water partition coefficient (Wildman–Crippen LogP) is 1.52. The lowest BCUT2D eigenvalue weighted by atomic mass is 9.97. The zero-order valence-electron chi connectivity index (χ0n) is 14.3. The van der Waals surface area contributed by atoms with E-state index in [2.05, 4.69) is 19.9 Å². The Bertz CT molecular complexity index is 668. The molecule has 7 nitrogen and oxygen atoms in total. The van der Waals surface area contributed by atoms with Gasteiger partial charge in [0.15, 0.2) is 5.82 Å². The van der Waals surface area contributed by atoms with Crippen molar-refractivity contribution in [2.75, 3.05) is 25.1 Å². The number of amides is 1. The summed E-state index contributed by atoms with van der Waals surface area (Å²) >= 11 is 1.72. The molecular formula is C16H24N6OS. The second-order valence-electron chi connectivity index (χ2n) is 6.16. The van der Waals surface area contributed by atoms with Gasteiger partial charge >= 0.3 is 0 Å². The van der Waals surface area contributed by atoms with Crippen LogP contribution >= 0.6 is 11.8 Å². The molecule has 1 fully saturated rings. The Morgan fingerprint density at radius 2 is 2.29 bits per heavy atom. The molecule has 2 aromatic heterocycles. The summed E-state index contributed by atoms with van der Waals surface area (Å²) in [6.45, 7) is 2.22. The van der Waals surface area contributed by atoms with E-state index in [0.29, 0.717) is 13.0 Å². The van der Waals surface area contributed by atoms with Gasteiger partial charge in [-0.2, -0.15) is 16.9 Å². The van der Waals surface area contributed by atoms with Crippen molar-refractivity contribution in [2.45, 2.75) is 31.7 Å². The van der Waals surface area contributed by atoms with Crippen LogP contribution in [0.2, 0.25) is 0 Å². The molecule has 0 aliphatic carbocycles. The summed E-state index contributed by atoms with van der Waals surface area (Å²) in [7, 11) is 2.00. The SMILES string of the molecule is CSCCC(=O)N1CCC[C@@H](c2nnc(Cn3cccn3)n2C)C1. The number of hydrogen-bond acceptors (Lipinski definition) is 5. The Morgan fingerprint density at radius 3 is 3.04 bits per heavy atom. The van der Waals surface area contributed by atoms with E-state index in [1.165, 1.54) is 0 Å². The summed E-state index contributed by atoms with van der Waals surface area (Å²) in [6, 6.07) is 1.90. The van der Waals surface area contributed by atoms with Crippen LogP contribution < -0.4 is 0 Å². The molecule has 0 bridgehead atoms. The summed E-state index contributed by atoms with van der Waals surface area (Å²) in [4.78, 5) is 14.3. The molecule has 1 amide bonds. The molecule has 1 atom stereocenters. The highest BCUT2D eigenvalue weighted by Gasteiger charge is 2.28. The van der Waals surface area contributed by atoms with Crippen molar-refractivity contribution in [3.8, 4) is 0 Å². The van der Waals surface area contributed by atoms with Gasteiger partial charge in [-0.1, -0.05) is 0 Å². The lowest BCUT2D eigenvalue weighted by Crippen LogP contribution is -2.39. The minimum absolute atomic E-state index is 0.257. The molecule has 3 heterocycles. The van der Waals surface area contributed by atoms with E-state index in [0.717, 1.165) is 43.3 Å². The highest BCUT2D eigenvalue weighted by Crippen LogP contribution is 2.26. The summed E-state index contributed by atoms with van der Waals surface area (Å²) in [5.41, 5.74) is 0. The van der Waals surface area contributed by atoms with E-state index < -0.39 is 0 Å². The molecule has 0 aromatic carbocycles. The predicted molar refractivity (Wildman–Crippen MR) is 93.9 cm³/mol. The van der Waals surface area contributed by atoms with E-state index in [-0.39, 0.29) is 11.8 Å². The maximum atomic E-state index is 12.3. The highest BCUT2D eigenvalue weighted by atomic mass is 32.2. The lowest BCUT2D eigenvalue weighted by molar-refractivity contribution is -0.132. The Labute approximate surface area is 146 Å². The zero-order chi connectivity index (χ0) is 16.9. The third-order valence-corrected chi connectivity index (χ3v) is 5.13. The number of hydrogen-bond donors (Lipinski definition) is 0. The van der Waals surface area contributed by atoms with Gasteiger partial charge in [-0.15, -0.1) is 10.2 Å². The van der Waals surface area contributed by atoms with E-state index >= 15 is 0 Å². The van der Waals surface area contributed by atoms with Crippen LogP contribution in [0.5, 0.6) is 0 Å². The normalized spacial score (nSPS) is 18.1. The van der Waals surface area contributed by atoms with Gasteiger partial charge in [0.2, 0.25) is 5.91 Å². The summed E-state index contributed by atoms with van der Waals surface area (Å²) in [5.74, 6) is 3.27. The van der Waals surface area contributed by atoms with Gasteiger partial charge in [-0.05, 0) is 25.2 Å². The minimum atomic E-state index is 0.257. The fourth-order valence-electron chi connectivity index (χ4n) is 3.17. The van der Waals surface area contributed by atoms with Crippen molar-refractivity contribution in [3.05, 3.63) is 30.1 Å². The smallest absolute Gasteiger partial charge is 0.223 e. The molecule has 0 saturated carbocycles. The van der Waals surface area contributed by atoms with Gasteiger partial charge in [-0.3, -0.25) is 9.48 Å². The second-order valence-corrected chi connectivity index (χ2v) is 7.14. The number of likely N-dealkylation sites (tertiary alicyclic amines) is 1. The topological polar surface area (TPSA) is 68.8 Å². The van der Waals surface area contributed by atoms with Crippen LogP contribution in [0.3, 0.4) is 0 Å². The lowest BCUT2D eigenvalue weighted by Gasteiger charge is -2.32. The Morgan fingerprint density at radius 1 is 1.42 bits per heavy atom. The number of rotatable bonds is 6. The monoisotopic (exact) mass is 348 g/mol. The Hall–Kier alpha value is -1.83. The zero-order valence-corrected chi connectivity index (χ0v) is 15.1. The van der Waals surface area contributed by atoms with Crippen LogP contribution in [0.15, 0.2) is 18.5 Å². The summed E-state index contributed by atoms with van der Waals surface area (Å²) in [6.07, 6.45) is 8.42. The van der Waals surface area contributed by atoms with Crippen molar-refractivity contribution >= 4 is 17.7 Å². The van der Waals surface area contributed by atoms with Crippen LogP contribution in [0.1, 0.15) is 36.8 Å². The molecule has 24 heavy (non-hydrogen) atoms. The third-order valence-electron chi connectivity index (χ3n) is 4.52. The molecule has 1 saturated heterocycles. The molecule has 2 aromatic rings. The summed E-state index contributed by atoms with van der Waals surface area (Å²) < 4.78 is 3.90. The molecule has 130 valence electrons. The first-order chi connectivity index (χ1) is 11.7. The van der Waals surface area contributed by atoms with E-state index in [4.69, 9.17) is 0 Å². The van der Waals surface area contributed by atoms with Crippen LogP contribution in [-0.4, -0.2) is 60.5 Å². The first kappa shape index (κ1) is 17.0. The highest BCUT2D eigenvalue weighted by molar-refractivity contribution is 7.98. The fraction of sp³-hybridized carbons (Fsp3) is 0.625. The third kappa shape index (κ3) is 3.80. The molecular weight excluding hydrogens is 324 g/mol. The van der Waals surface area contributed by atoms with Crippen molar-refractivity contribution in [1.82, 2.24) is 29.4 Å². The van der Waals surface area contributed by atoms with Gasteiger partial charge in [0.05, 0.1) is 0 Å². The van der Waals surface area contributed by atoms with Crippen LogP contribution in [-0.2, 0) is 18.4 Å². The molecule has 1 aliphatic rings. The largest absolute Gasteiger partial charge is 0.342 e. The summed E-state index contributed by atoms with van der Waals surface area (Å²) in [5, 5.41) is 13.0. The number of carbonyl (C=O) groups excluding carboxylic acids is 1. The van der Waals surface area contributed by atoms with Gasteiger partial charge in [0.25, 0.3) is 0 Å². The van der Waals surface area contributed by atoms with Crippen molar-refractivity contribution < 1.29 is 4.79 Å². The van der Waals surface area contributed by atoms with Gasteiger partial charge < -0.3 is 9.47 Å². The quantitative estimate of drug-likeness (QED) is 0.792. The number of aromatic nitrogens is 5. The van der Waals surface area contributed by atoms with Crippen LogP contribution in [0, 0.1) is 0 Å². The molecule has 0 unspecified atom stereocenters. The molecule has 0 N–H and O–H groups in total. The molecule has 8 heteroatoms. The number of thioether (sulfide) groups is 1. The minimum Gasteiger partial charge on any atom is -0.342 e. The van der Waals surface area contributed by atoms with Crippen molar-refractivity contribution in [2.24, 2.45) is 7.05 Å².